The lowest BCUT2D eigenvalue weighted by atomic mass is 10.0. The lowest BCUT2D eigenvalue weighted by molar-refractivity contribution is -0.903. The van der Waals surface area contributed by atoms with Crippen molar-refractivity contribution < 1.29 is 19.5 Å². The van der Waals surface area contributed by atoms with Gasteiger partial charge in [0.25, 0.3) is 0 Å². The Labute approximate surface area is 174 Å². The van der Waals surface area contributed by atoms with Gasteiger partial charge in [0.2, 0.25) is 0 Å². The van der Waals surface area contributed by atoms with E-state index in [2.05, 4.69) is 56.0 Å². The molecule has 0 bridgehead atoms. The van der Waals surface area contributed by atoms with Crippen molar-refractivity contribution in [3.63, 3.8) is 0 Å². The Morgan fingerprint density at radius 1 is 1.07 bits per heavy atom. The Kier molecular flexibility index (Phi) is 7.40. The van der Waals surface area contributed by atoms with E-state index in [1.54, 1.807) is 7.11 Å². The highest BCUT2D eigenvalue weighted by Crippen LogP contribution is 2.27. The highest BCUT2D eigenvalue weighted by atomic mass is 16.5. The molecule has 0 aliphatic carbocycles. The monoisotopic (exact) mass is 399 g/mol. The van der Waals surface area contributed by atoms with Gasteiger partial charge >= 0.3 is 0 Å². The first-order valence-electron chi connectivity index (χ1n) is 10.6. The molecule has 0 aromatic heterocycles. The molecule has 1 aliphatic rings. The van der Waals surface area contributed by atoms with Crippen LogP contribution in [-0.2, 0) is 0 Å². The molecule has 1 heterocycles. The van der Waals surface area contributed by atoms with Crippen LogP contribution in [-0.4, -0.2) is 57.7 Å². The van der Waals surface area contributed by atoms with Crippen LogP contribution in [0.4, 0.5) is 5.69 Å². The smallest absolute Gasteiger partial charge is 0.137 e. The molecule has 2 aromatic rings. The zero-order valence-corrected chi connectivity index (χ0v) is 18.1. The number of methoxy groups -OCH3 is 1. The fraction of sp³-hybridized carbons (Fsp3) is 0.500. The van der Waals surface area contributed by atoms with Gasteiger partial charge in [0.05, 0.1) is 33.3 Å². The molecule has 0 radical (unpaired) electrons. The predicted molar refractivity (Wildman–Crippen MR) is 118 cm³/mol. The van der Waals surface area contributed by atoms with Crippen LogP contribution in [0.3, 0.4) is 0 Å². The quantitative estimate of drug-likeness (QED) is 0.715. The molecule has 3 rings (SSSR count). The van der Waals surface area contributed by atoms with Gasteiger partial charge in [-0.1, -0.05) is 26.0 Å². The Morgan fingerprint density at radius 2 is 1.76 bits per heavy atom. The van der Waals surface area contributed by atoms with Crippen molar-refractivity contribution in [3.05, 3.63) is 53.6 Å². The van der Waals surface area contributed by atoms with Crippen molar-refractivity contribution in [2.45, 2.75) is 32.8 Å². The van der Waals surface area contributed by atoms with Crippen LogP contribution in [0.5, 0.6) is 11.5 Å². The number of quaternary nitrogens is 1. The zero-order valence-electron chi connectivity index (χ0n) is 18.1. The number of aryl methyl sites for hydroxylation is 1. The maximum absolute atomic E-state index is 10.5. The summed E-state index contributed by atoms with van der Waals surface area (Å²) in [7, 11) is 1.69. The number of anilines is 1. The van der Waals surface area contributed by atoms with Gasteiger partial charge in [-0.2, -0.15) is 0 Å². The van der Waals surface area contributed by atoms with Crippen molar-refractivity contribution in [2.24, 2.45) is 0 Å². The molecule has 1 atom stereocenters. The SMILES string of the molecule is COc1ccc(N2CC[NH+](C[C@@H](O)COc3cc(C)ccc3C(C)C)CC2)cc1. The summed E-state index contributed by atoms with van der Waals surface area (Å²) in [6, 6.07) is 14.6. The molecule has 2 N–H and O–H groups in total. The fourth-order valence-corrected chi connectivity index (χ4v) is 3.90. The molecule has 0 unspecified atom stereocenters. The van der Waals surface area contributed by atoms with Gasteiger partial charge in [-0.15, -0.1) is 0 Å². The van der Waals surface area contributed by atoms with Gasteiger partial charge in [-0.25, -0.2) is 0 Å². The Bertz CT molecular complexity index is 768. The van der Waals surface area contributed by atoms with Crippen molar-refractivity contribution in [1.29, 1.82) is 0 Å². The minimum Gasteiger partial charge on any atom is -0.497 e. The van der Waals surface area contributed by atoms with Gasteiger partial charge in [0.15, 0.2) is 0 Å². The highest BCUT2D eigenvalue weighted by Gasteiger charge is 2.23. The highest BCUT2D eigenvalue weighted by molar-refractivity contribution is 5.49. The first-order chi connectivity index (χ1) is 14.0. The minimum atomic E-state index is -0.460. The van der Waals surface area contributed by atoms with Crippen LogP contribution in [0.1, 0.15) is 30.9 Å². The van der Waals surface area contributed by atoms with Gasteiger partial charge in [0, 0.05) is 5.69 Å². The molecule has 1 saturated heterocycles. The Balaban J connectivity index is 1.46. The van der Waals surface area contributed by atoms with Crippen molar-refractivity contribution in [1.82, 2.24) is 0 Å². The molecular formula is C24H35N2O3+. The number of aliphatic hydroxyl groups is 1. The number of nitrogens with one attached hydrogen (secondary N) is 1. The summed E-state index contributed by atoms with van der Waals surface area (Å²) in [6.07, 6.45) is -0.460. The summed E-state index contributed by atoms with van der Waals surface area (Å²) in [4.78, 5) is 3.83. The molecule has 0 spiro atoms. The number of ether oxygens (including phenoxy) is 2. The topological polar surface area (TPSA) is 46.4 Å². The number of hydrogen-bond donors (Lipinski definition) is 2. The zero-order chi connectivity index (χ0) is 20.8. The summed E-state index contributed by atoms with van der Waals surface area (Å²) in [6.45, 7) is 11.5. The van der Waals surface area contributed by atoms with E-state index >= 15 is 0 Å². The molecule has 5 nitrogen and oxygen atoms in total. The molecule has 0 amide bonds. The predicted octanol–water partition coefficient (Wildman–Crippen LogP) is 2.27. The number of piperazine rings is 1. The third-order valence-corrected chi connectivity index (χ3v) is 5.65. The average molecular weight is 400 g/mol. The third-order valence-electron chi connectivity index (χ3n) is 5.65. The van der Waals surface area contributed by atoms with Crippen LogP contribution >= 0.6 is 0 Å². The second-order valence-corrected chi connectivity index (χ2v) is 8.30. The molecule has 5 heteroatoms. The van der Waals surface area contributed by atoms with E-state index in [0.29, 0.717) is 12.5 Å². The Hall–Kier alpha value is -2.24. The van der Waals surface area contributed by atoms with Gasteiger partial charge < -0.3 is 24.4 Å². The molecule has 158 valence electrons. The molecule has 1 fully saturated rings. The van der Waals surface area contributed by atoms with E-state index in [1.807, 2.05) is 12.1 Å². The fourth-order valence-electron chi connectivity index (χ4n) is 3.90. The standard InChI is InChI=1S/C24H34N2O3/c1-18(2)23-10-5-19(3)15-24(23)29-17-21(27)16-25-11-13-26(14-12-25)20-6-8-22(28-4)9-7-20/h5-10,15,18,21,27H,11-14,16-17H2,1-4H3/p+1/t21-/m1/s1. The van der Waals surface area contributed by atoms with E-state index in [0.717, 1.165) is 44.2 Å². The lowest BCUT2D eigenvalue weighted by Crippen LogP contribution is -3.16. The Morgan fingerprint density at radius 3 is 2.38 bits per heavy atom. The number of benzene rings is 2. The summed E-state index contributed by atoms with van der Waals surface area (Å²) in [5, 5.41) is 10.5. The summed E-state index contributed by atoms with van der Waals surface area (Å²) < 4.78 is 11.2. The van der Waals surface area contributed by atoms with Crippen molar-refractivity contribution in [3.8, 4) is 11.5 Å². The lowest BCUT2D eigenvalue weighted by Gasteiger charge is -2.34. The van der Waals surface area contributed by atoms with Crippen LogP contribution in [0, 0.1) is 6.92 Å². The van der Waals surface area contributed by atoms with Crippen LogP contribution in [0.25, 0.3) is 0 Å². The number of aliphatic hydroxyl groups excluding tert-OH is 1. The maximum atomic E-state index is 10.5. The van der Waals surface area contributed by atoms with Gasteiger partial charge in [-0.3, -0.25) is 0 Å². The molecular weight excluding hydrogens is 364 g/mol. The second-order valence-electron chi connectivity index (χ2n) is 8.30. The molecule has 2 aromatic carbocycles. The van der Waals surface area contributed by atoms with E-state index in [4.69, 9.17) is 9.47 Å². The maximum Gasteiger partial charge on any atom is 0.137 e. The second kappa shape index (κ2) is 9.99. The molecule has 0 saturated carbocycles. The first-order valence-corrected chi connectivity index (χ1v) is 10.6. The average Bonchev–Trinajstić information content (AvgIpc) is 2.73. The first kappa shape index (κ1) is 21.5. The van der Waals surface area contributed by atoms with Crippen molar-refractivity contribution in [2.75, 3.05) is 51.3 Å². The largest absolute Gasteiger partial charge is 0.497 e. The summed E-state index contributed by atoms with van der Waals surface area (Å²) >= 11 is 0. The third kappa shape index (κ3) is 5.87. The van der Waals surface area contributed by atoms with E-state index in [9.17, 15) is 5.11 Å². The normalized spacial score (nSPS) is 16.1. The van der Waals surface area contributed by atoms with Crippen LogP contribution in [0.2, 0.25) is 0 Å². The van der Waals surface area contributed by atoms with Gasteiger partial charge in [0.1, 0.15) is 30.8 Å². The molecule has 29 heavy (non-hydrogen) atoms. The molecule has 1 aliphatic heterocycles. The number of rotatable bonds is 8. The van der Waals surface area contributed by atoms with E-state index in [-0.39, 0.29) is 0 Å². The van der Waals surface area contributed by atoms with Gasteiger partial charge in [-0.05, 0) is 54.3 Å². The van der Waals surface area contributed by atoms with E-state index in [1.165, 1.54) is 21.7 Å². The van der Waals surface area contributed by atoms with Crippen LogP contribution < -0.4 is 19.3 Å². The van der Waals surface area contributed by atoms with Crippen LogP contribution in [0.15, 0.2) is 42.5 Å². The number of hydrogen-bond acceptors (Lipinski definition) is 4. The summed E-state index contributed by atoms with van der Waals surface area (Å²) in [5.41, 5.74) is 3.61. The minimum absolute atomic E-state index is 0.342. The summed E-state index contributed by atoms with van der Waals surface area (Å²) in [5.74, 6) is 2.19. The number of nitrogens with zero attached hydrogens (tertiary/aromatic N) is 1. The van der Waals surface area contributed by atoms with E-state index < -0.39 is 6.10 Å². The van der Waals surface area contributed by atoms with Crippen molar-refractivity contribution >= 4 is 5.69 Å².